The molecule has 124 valence electrons. The minimum absolute atomic E-state index is 0.0818. The molecule has 2 aromatic rings. The van der Waals surface area contributed by atoms with Gasteiger partial charge in [0.1, 0.15) is 5.82 Å². The maximum Gasteiger partial charge on any atom is 0.341 e. The number of piperidine rings is 1. The van der Waals surface area contributed by atoms with E-state index in [1.165, 1.54) is 6.07 Å². The Kier molecular flexibility index (Phi) is 4.29. The largest absolute Gasteiger partial charge is 0.367 e. The van der Waals surface area contributed by atoms with Gasteiger partial charge in [0, 0.05) is 19.1 Å². The Morgan fingerprint density at radius 2 is 2.33 bits per heavy atom. The van der Waals surface area contributed by atoms with Gasteiger partial charge in [0.15, 0.2) is 0 Å². The van der Waals surface area contributed by atoms with Crippen LogP contribution < -0.4 is 15.9 Å². The number of nitrogens with zero attached hydrogens (tertiary/aromatic N) is 3. The molecule has 8 nitrogen and oxygen atoms in total. The van der Waals surface area contributed by atoms with E-state index in [-0.39, 0.29) is 17.4 Å². The van der Waals surface area contributed by atoms with Crippen molar-refractivity contribution in [2.45, 2.75) is 18.9 Å². The average molecular weight is 330 g/mol. The summed E-state index contributed by atoms with van der Waals surface area (Å²) < 4.78 is 14.1. The summed E-state index contributed by atoms with van der Waals surface area (Å²) in [6, 6.07) is 6.04. The number of anilines is 1. The molecule has 3 N–H and O–H groups in total. The fourth-order valence-electron chi connectivity index (χ4n) is 2.78. The predicted molar refractivity (Wildman–Crippen MR) is 83.0 cm³/mol. The second-order valence-corrected chi connectivity index (χ2v) is 5.56. The van der Waals surface area contributed by atoms with Gasteiger partial charge in [0.25, 0.3) is 5.91 Å². The second kappa shape index (κ2) is 6.54. The maximum absolute atomic E-state index is 14.1. The number of nitriles is 1. The van der Waals surface area contributed by atoms with Gasteiger partial charge >= 0.3 is 5.69 Å². The molecule has 0 unspecified atom stereocenters. The molecule has 1 aromatic carbocycles. The molecule has 1 atom stereocenters. The molecule has 1 saturated heterocycles. The minimum Gasteiger partial charge on any atom is -0.367 e. The zero-order valence-corrected chi connectivity index (χ0v) is 12.7. The first kappa shape index (κ1) is 15.7. The first-order chi connectivity index (χ1) is 11.6. The predicted octanol–water partition coefficient (Wildman–Crippen LogP) is 0.508. The Morgan fingerprint density at radius 1 is 1.50 bits per heavy atom. The first-order valence-corrected chi connectivity index (χ1v) is 7.47. The molecule has 1 aromatic heterocycles. The van der Waals surface area contributed by atoms with E-state index < -0.39 is 17.4 Å². The zero-order chi connectivity index (χ0) is 17.1. The molecule has 1 aliphatic rings. The third-order valence-corrected chi connectivity index (χ3v) is 3.89. The van der Waals surface area contributed by atoms with Crippen molar-refractivity contribution in [3.05, 3.63) is 45.9 Å². The monoisotopic (exact) mass is 330 g/mol. The Labute approximate surface area is 136 Å². The zero-order valence-electron chi connectivity index (χ0n) is 12.7. The van der Waals surface area contributed by atoms with E-state index in [0.717, 1.165) is 12.8 Å². The summed E-state index contributed by atoms with van der Waals surface area (Å²) in [7, 11) is 0. The highest BCUT2D eigenvalue weighted by atomic mass is 19.1. The van der Waals surface area contributed by atoms with Gasteiger partial charge in [-0.15, -0.1) is 5.10 Å². The van der Waals surface area contributed by atoms with Gasteiger partial charge in [0.05, 0.1) is 17.3 Å². The number of aromatic amines is 2. The van der Waals surface area contributed by atoms with Gasteiger partial charge in [-0.1, -0.05) is 0 Å². The molecule has 0 spiro atoms. The molecule has 0 bridgehead atoms. The van der Waals surface area contributed by atoms with Crippen LogP contribution in [-0.4, -0.2) is 40.2 Å². The molecule has 9 heteroatoms. The lowest BCUT2D eigenvalue weighted by Gasteiger charge is -2.34. The van der Waals surface area contributed by atoms with Gasteiger partial charge < -0.3 is 10.2 Å². The number of halogens is 1. The van der Waals surface area contributed by atoms with E-state index in [9.17, 15) is 14.0 Å². The summed E-state index contributed by atoms with van der Waals surface area (Å²) >= 11 is 0. The number of carbonyl (C=O) groups is 1. The SMILES string of the molecule is N#Cc1ccc(N2CCC[C@@H](NC(=O)c3n[nH]c(=O)[nH]3)C2)c(F)c1. The van der Waals surface area contributed by atoms with Crippen LogP contribution >= 0.6 is 0 Å². The lowest BCUT2D eigenvalue weighted by Crippen LogP contribution is -2.48. The van der Waals surface area contributed by atoms with Crippen LogP contribution in [0.5, 0.6) is 0 Å². The van der Waals surface area contributed by atoms with Crippen LogP contribution in [0.15, 0.2) is 23.0 Å². The van der Waals surface area contributed by atoms with E-state index in [2.05, 4.69) is 20.5 Å². The van der Waals surface area contributed by atoms with Crippen molar-refractivity contribution >= 4 is 11.6 Å². The summed E-state index contributed by atoms with van der Waals surface area (Å²) in [6.45, 7) is 1.09. The molecule has 1 aliphatic heterocycles. The van der Waals surface area contributed by atoms with E-state index in [1.54, 1.807) is 12.1 Å². The van der Waals surface area contributed by atoms with Gasteiger partial charge in [0.2, 0.25) is 5.82 Å². The van der Waals surface area contributed by atoms with Crippen LogP contribution in [0.3, 0.4) is 0 Å². The van der Waals surface area contributed by atoms with Crippen molar-refractivity contribution in [1.29, 1.82) is 5.26 Å². The molecular weight excluding hydrogens is 315 g/mol. The van der Waals surface area contributed by atoms with Crippen molar-refractivity contribution in [3.63, 3.8) is 0 Å². The molecule has 2 heterocycles. The molecular formula is C15H15FN6O2. The average Bonchev–Trinajstić information content (AvgIpc) is 3.01. The van der Waals surface area contributed by atoms with Crippen molar-refractivity contribution in [2.24, 2.45) is 0 Å². The lowest BCUT2D eigenvalue weighted by molar-refractivity contribution is 0.0923. The van der Waals surface area contributed by atoms with E-state index in [4.69, 9.17) is 5.26 Å². The van der Waals surface area contributed by atoms with Crippen LogP contribution in [0.2, 0.25) is 0 Å². The Balaban J connectivity index is 1.69. The van der Waals surface area contributed by atoms with Gasteiger partial charge in [-0.3, -0.25) is 9.78 Å². The summed E-state index contributed by atoms with van der Waals surface area (Å²) in [5.41, 5.74) is 0.117. The Bertz CT molecular complexity index is 852. The fourth-order valence-corrected chi connectivity index (χ4v) is 2.78. The third-order valence-electron chi connectivity index (χ3n) is 3.89. The van der Waals surface area contributed by atoms with Crippen molar-refractivity contribution in [1.82, 2.24) is 20.5 Å². The highest BCUT2D eigenvalue weighted by Crippen LogP contribution is 2.24. The van der Waals surface area contributed by atoms with Crippen LogP contribution in [0, 0.1) is 17.1 Å². The minimum atomic E-state index is -0.551. The van der Waals surface area contributed by atoms with E-state index in [1.807, 2.05) is 11.0 Å². The molecule has 0 saturated carbocycles. The summed E-state index contributed by atoms with van der Waals surface area (Å²) in [5, 5.41) is 17.3. The number of H-pyrrole nitrogens is 2. The van der Waals surface area contributed by atoms with Crippen molar-refractivity contribution < 1.29 is 9.18 Å². The summed E-state index contributed by atoms with van der Waals surface area (Å²) in [5.74, 6) is -1.03. The van der Waals surface area contributed by atoms with Gasteiger partial charge in [-0.2, -0.15) is 5.26 Å². The normalized spacial score (nSPS) is 17.3. The summed E-state index contributed by atoms with van der Waals surface area (Å²) in [4.78, 5) is 27.1. The Hall–Kier alpha value is -3.15. The van der Waals surface area contributed by atoms with Gasteiger partial charge in [-0.05, 0) is 31.0 Å². The third kappa shape index (κ3) is 3.27. The van der Waals surface area contributed by atoms with Crippen LogP contribution in [-0.2, 0) is 0 Å². The lowest BCUT2D eigenvalue weighted by atomic mass is 10.0. The number of nitrogens with one attached hydrogen (secondary N) is 3. The standard InChI is InChI=1S/C15H15FN6O2/c16-11-6-9(7-17)3-4-12(11)22-5-1-2-10(8-22)18-14(23)13-19-15(24)21-20-13/h3-4,6,10H,1-2,5,8H2,(H,18,23)(H2,19,20,21,24)/t10-/m1/s1. The van der Waals surface area contributed by atoms with Crippen molar-refractivity contribution in [3.8, 4) is 6.07 Å². The van der Waals surface area contributed by atoms with Crippen LogP contribution in [0.25, 0.3) is 0 Å². The number of hydrogen-bond acceptors (Lipinski definition) is 5. The van der Waals surface area contributed by atoms with E-state index >= 15 is 0 Å². The molecule has 0 radical (unpaired) electrons. The van der Waals surface area contributed by atoms with Crippen LogP contribution in [0.4, 0.5) is 10.1 Å². The number of benzene rings is 1. The van der Waals surface area contributed by atoms with Crippen molar-refractivity contribution in [2.75, 3.05) is 18.0 Å². The molecule has 24 heavy (non-hydrogen) atoms. The van der Waals surface area contributed by atoms with Crippen LogP contribution in [0.1, 0.15) is 29.0 Å². The van der Waals surface area contributed by atoms with Gasteiger partial charge in [-0.25, -0.2) is 14.3 Å². The molecule has 0 aliphatic carbocycles. The molecule has 1 amide bonds. The number of hydrogen-bond donors (Lipinski definition) is 3. The first-order valence-electron chi connectivity index (χ1n) is 7.47. The molecule has 3 rings (SSSR count). The number of carbonyl (C=O) groups excluding carboxylic acids is 1. The molecule has 1 fully saturated rings. The smallest absolute Gasteiger partial charge is 0.341 e. The number of rotatable bonds is 3. The summed E-state index contributed by atoms with van der Waals surface area (Å²) in [6.07, 6.45) is 1.52. The highest BCUT2D eigenvalue weighted by Gasteiger charge is 2.24. The fraction of sp³-hybridized carbons (Fsp3) is 0.333. The van der Waals surface area contributed by atoms with E-state index in [0.29, 0.717) is 18.8 Å². The topological polar surface area (TPSA) is 118 Å². The number of aromatic nitrogens is 3. The second-order valence-electron chi connectivity index (χ2n) is 5.56. The highest BCUT2D eigenvalue weighted by molar-refractivity contribution is 5.90. The maximum atomic E-state index is 14.1. The Morgan fingerprint density at radius 3 is 3.00 bits per heavy atom. The number of amides is 1. The quantitative estimate of drug-likeness (QED) is 0.758.